The third-order valence-corrected chi connectivity index (χ3v) is 5.35. The summed E-state index contributed by atoms with van der Waals surface area (Å²) in [4.78, 5) is 17.9. The molecule has 0 saturated heterocycles. The van der Waals surface area contributed by atoms with Crippen LogP contribution in [0.3, 0.4) is 0 Å². The molecular weight excluding hydrogens is 389 g/mol. The van der Waals surface area contributed by atoms with Gasteiger partial charge in [-0.25, -0.2) is 4.98 Å². The smallest absolute Gasteiger partial charge is 0.230 e. The average Bonchev–Trinajstić information content (AvgIpc) is 3.21. The number of hydrogen-bond acceptors (Lipinski definition) is 3. The largest absolute Gasteiger partial charge is 0.324 e. The fourth-order valence-electron chi connectivity index (χ4n) is 2.66. The second-order valence-electron chi connectivity index (χ2n) is 5.72. The number of rotatable bonds is 4. The van der Waals surface area contributed by atoms with Crippen molar-refractivity contribution >= 4 is 51.1 Å². The molecule has 7 heteroatoms. The summed E-state index contributed by atoms with van der Waals surface area (Å²) in [6.45, 7) is 0. The van der Waals surface area contributed by atoms with Crippen LogP contribution in [-0.2, 0) is 11.2 Å². The fraction of sp³-hybridized carbons (Fsp3) is 0.0526. The number of hydrogen-bond donors (Lipinski definition) is 1. The molecule has 0 fully saturated rings. The van der Waals surface area contributed by atoms with Crippen molar-refractivity contribution in [1.82, 2.24) is 9.38 Å². The Morgan fingerprint density at radius 3 is 2.77 bits per heavy atom. The summed E-state index contributed by atoms with van der Waals surface area (Å²) in [6, 6.07) is 14.9. The molecule has 2 aromatic heterocycles. The number of aromatic nitrogens is 2. The molecule has 0 aliphatic heterocycles. The van der Waals surface area contributed by atoms with Gasteiger partial charge in [-0.05, 0) is 18.2 Å². The van der Waals surface area contributed by atoms with Crippen LogP contribution in [0.1, 0.15) is 5.69 Å². The molecule has 4 aromatic rings. The molecule has 2 heterocycles. The molecule has 1 N–H and O–H groups in total. The van der Waals surface area contributed by atoms with Crippen molar-refractivity contribution in [3.63, 3.8) is 0 Å². The lowest BCUT2D eigenvalue weighted by Crippen LogP contribution is -2.15. The lowest BCUT2D eigenvalue weighted by Gasteiger charge is -2.07. The van der Waals surface area contributed by atoms with Crippen molar-refractivity contribution in [2.75, 3.05) is 5.32 Å². The van der Waals surface area contributed by atoms with Crippen LogP contribution in [0.15, 0.2) is 60.1 Å². The van der Waals surface area contributed by atoms with Crippen LogP contribution >= 0.6 is 34.5 Å². The van der Waals surface area contributed by atoms with Gasteiger partial charge in [-0.1, -0.05) is 53.5 Å². The van der Waals surface area contributed by atoms with E-state index >= 15 is 0 Å². The highest BCUT2D eigenvalue weighted by Crippen LogP contribution is 2.26. The van der Waals surface area contributed by atoms with Gasteiger partial charge in [0.1, 0.15) is 0 Å². The monoisotopic (exact) mass is 401 g/mol. The molecule has 0 bridgehead atoms. The lowest BCUT2D eigenvalue weighted by molar-refractivity contribution is -0.115. The van der Waals surface area contributed by atoms with Gasteiger partial charge in [0.05, 0.1) is 22.8 Å². The number of halogens is 2. The van der Waals surface area contributed by atoms with Crippen LogP contribution in [0.25, 0.3) is 16.2 Å². The first kappa shape index (κ1) is 17.1. The van der Waals surface area contributed by atoms with Gasteiger partial charge >= 0.3 is 0 Å². The van der Waals surface area contributed by atoms with Gasteiger partial charge in [-0.3, -0.25) is 9.20 Å². The number of nitrogens with one attached hydrogen (secondary N) is 1. The summed E-state index contributed by atoms with van der Waals surface area (Å²) in [6.07, 6.45) is 2.17. The van der Waals surface area contributed by atoms with E-state index < -0.39 is 0 Å². The number of carbonyl (C=O) groups is 1. The van der Waals surface area contributed by atoms with E-state index in [0.717, 1.165) is 21.9 Å². The number of anilines is 1. The Bertz CT molecular complexity index is 1090. The van der Waals surface area contributed by atoms with Gasteiger partial charge in [0.2, 0.25) is 5.91 Å². The summed E-state index contributed by atoms with van der Waals surface area (Å²) in [7, 11) is 0. The molecule has 0 spiro atoms. The summed E-state index contributed by atoms with van der Waals surface area (Å²) in [5.41, 5.74) is 3.31. The first-order chi connectivity index (χ1) is 12.6. The van der Waals surface area contributed by atoms with Crippen molar-refractivity contribution in [3.05, 3.63) is 75.8 Å². The highest BCUT2D eigenvalue weighted by molar-refractivity contribution is 7.15. The second-order valence-corrected chi connectivity index (χ2v) is 7.40. The molecule has 0 aliphatic carbocycles. The summed E-state index contributed by atoms with van der Waals surface area (Å²) >= 11 is 13.6. The van der Waals surface area contributed by atoms with Crippen molar-refractivity contribution in [3.8, 4) is 11.3 Å². The molecular formula is C19H13Cl2N3OS. The SMILES string of the molecule is O=C(Cc1csc2nc(-c3ccccc3)cn12)Nc1cc(Cl)ccc1Cl. The van der Waals surface area contributed by atoms with E-state index in [2.05, 4.69) is 10.3 Å². The van der Waals surface area contributed by atoms with E-state index in [1.807, 2.05) is 46.3 Å². The Balaban J connectivity index is 1.56. The van der Waals surface area contributed by atoms with Crippen molar-refractivity contribution < 1.29 is 4.79 Å². The van der Waals surface area contributed by atoms with Crippen LogP contribution in [0, 0.1) is 0 Å². The number of imidazole rings is 1. The number of thiazole rings is 1. The van der Waals surface area contributed by atoms with Crippen LogP contribution in [0.5, 0.6) is 0 Å². The van der Waals surface area contributed by atoms with Crippen molar-refractivity contribution in [2.24, 2.45) is 0 Å². The van der Waals surface area contributed by atoms with Crippen LogP contribution < -0.4 is 5.32 Å². The predicted octanol–water partition coefficient (Wildman–Crippen LogP) is 5.55. The Labute approximate surface area is 164 Å². The van der Waals surface area contributed by atoms with Crippen LogP contribution in [-0.4, -0.2) is 15.3 Å². The van der Waals surface area contributed by atoms with E-state index in [-0.39, 0.29) is 12.3 Å². The van der Waals surface area contributed by atoms with Gasteiger partial charge < -0.3 is 5.32 Å². The third-order valence-electron chi connectivity index (χ3n) is 3.90. The van der Waals surface area contributed by atoms with Crippen molar-refractivity contribution in [1.29, 1.82) is 0 Å². The molecule has 2 aromatic carbocycles. The van der Waals surface area contributed by atoms with E-state index in [1.54, 1.807) is 18.2 Å². The molecule has 130 valence electrons. The minimum absolute atomic E-state index is 0.163. The summed E-state index contributed by atoms with van der Waals surface area (Å²) in [5.74, 6) is -0.163. The highest BCUT2D eigenvalue weighted by Gasteiger charge is 2.13. The maximum atomic E-state index is 12.4. The number of fused-ring (bicyclic) bond motifs is 1. The van der Waals surface area contributed by atoms with E-state index in [4.69, 9.17) is 23.2 Å². The summed E-state index contributed by atoms with van der Waals surface area (Å²) < 4.78 is 1.95. The number of carbonyl (C=O) groups excluding carboxylic acids is 1. The van der Waals surface area contributed by atoms with Crippen LogP contribution in [0.2, 0.25) is 10.0 Å². The fourth-order valence-corrected chi connectivity index (χ4v) is 3.87. The van der Waals surface area contributed by atoms with E-state index in [9.17, 15) is 4.79 Å². The molecule has 0 saturated carbocycles. The lowest BCUT2D eigenvalue weighted by atomic mass is 10.2. The molecule has 1 amide bonds. The zero-order valence-electron chi connectivity index (χ0n) is 13.4. The van der Waals surface area contributed by atoms with Gasteiger partial charge in [0.15, 0.2) is 4.96 Å². The molecule has 0 unspecified atom stereocenters. The summed E-state index contributed by atoms with van der Waals surface area (Å²) in [5, 5.41) is 5.72. The average molecular weight is 402 g/mol. The maximum absolute atomic E-state index is 12.4. The van der Waals surface area contributed by atoms with Gasteiger partial charge in [0.25, 0.3) is 0 Å². The minimum atomic E-state index is -0.163. The minimum Gasteiger partial charge on any atom is -0.324 e. The Kier molecular flexibility index (Phi) is 4.68. The van der Waals surface area contributed by atoms with E-state index in [0.29, 0.717) is 15.7 Å². The normalized spacial score (nSPS) is 11.0. The highest BCUT2D eigenvalue weighted by atomic mass is 35.5. The third kappa shape index (κ3) is 3.46. The molecule has 0 radical (unpaired) electrons. The van der Waals surface area contributed by atoms with E-state index in [1.165, 1.54) is 11.3 Å². The predicted molar refractivity (Wildman–Crippen MR) is 107 cm³/mol. The molecule has 0 atom stereocenters. The zero-order chi connectivity index (χ0) is 18.1. The Hall–Kier alpha value is -2.34. The number of benzene rings is 2. The number of nitrogens with zero attached hydrogens (tertiary/aromatic N) is 2. The molecule has 4 nitrogen and oxygen atoms in total. The number of amides is 1. The molecule has 0 aliphatic rings. The van der Waals surface area contributed by atoms with Crippen molar-refractivity contribution in [2.45, 2.75) is 6.42 Å². The second kappa shape index (κ2) is 7.11. The Morgan fingerprint density at radius 1 is 1.15 bits per heavy atom. The van der Waals surface area contributed by atoms with Crippen LogP contribution in [0.4, 0.5) is 5.69 Å². The Morgan fingerprint density at radius 2 is 1.96 bits per heavy atom. The molecule has 26 heavy (non-hydrogen) atoms. The quantitative estimate of drug-likeness (QED) is 0.487. The molecule has 4 rings (SSSR count). The van der Waals surface area contributed by atoms with Gasteiger partial charge in [-0.15, -0.1) is 11.3 Å². The maximum Gasteiger partial charge on any atom is 0.230 e. The van der Waals surface area contributed by atoms with Gasteiger partial charge in [-0.2, -0.15) is 0 Å². The topological polar surface area (TPSA) is 46.4 Å². The standard InChI is InChI=1S/C19H13Cl2N3OS/c20-13-6-7-15(21)16(8-13)22-18(25)9-14-11-26-19-23-17(10-24(14)19)12-4-2-1-3-5-12/h1-8,10-11H,9H2,(H,22,25). The first-order valence-corrected chi connectivity index (χ1v) is 9.49. The zero-order valence-corrected chi connectivity index (χ0v) is 15.8. The first-order valence-electron chi connectivity index (χ1n) is 7.86. The van der Waals surface area contributed by atoms with Gasteiger partial charge in [0, 0.05) is 27.9 Å².